The minimum Gasteiger partial charge on any atom is -0.497 e. The molecule has 0 spiro atoms. The van der Waals surface area contributed by atoms with Crippen LogP contribution in [0.25, 0.3) is 0 Å². The molecule has 0 bridgehead atoms. The molecule has 1 amide bonds. The van der Waals surface area contributed by atoms with Crippen molar-refractivity contribution in [2.45, 2.75) is 12.8 Å². The van der Waals surface area contributed by atoms with Gasteiger partial charge in [-0.3, -0.25) is 9.59 Å². The number of hydrogen-bond donors (Lipinski definition) is 3. The molecule has 0 saturated carbocycles. The van der Waals surface area contributed by atoms with Crippen LogP contribution in [0.2, 0.25) is 0 Å². The van der Waals surface area contributed by atoms with Gasteiger partial charge in [0.1, 0.15) is 11.5 Å². The molecule has 3 N–H and O–H groups in total. The normalized spacial score (nSPS) is 11.0. The van der Waals surface area contributed by atoms with E-state index < -0.39 is 5.97 Å². The average Bonchev–Trinajstić information content (AvgIpc) is 2.68. The second-order valence-electron chi connectivity index (χ2n) is 5.57. The van der Waals surface area contributed by atoms with Gasteiger partial charge in [0.15, 0.2) is 0 Å². The molecular weight excluding hydrogens is 352 g/mol. The summed E-state index contributed by atoms with van der Waals surface area (Å²) in [6.07, 6.45) is -0.0449. The van der Waals surface area contributed by atoms with Crippen LogP contribution in [0.1, 0.15) is 28.8 Å². The Balaban J connectivity index is 2.12. The molecule has 2 rings (SSSR count). The lowest BCUT2D eigenvalue weighted by atomic mass is 10.1. The van der Waals surface area contributed by atoms with Crippen LogP contribution in [0.4, 0.5) is 5.69 Å². The molecule has 27 heavy (non-hydrogen) atoms. The molecule has 0 unspecified atom stereocenters. The first-order valence-electron chi connectivity index (χ1n) is 8.04. The van der Waals surface area contributed by atoms with Gasteiger partial charge < -0.3 is 25.1 Å². The first-order valence-corrected chi connectivity index (χ1v) is 8.04. The summed E-state index contributed by atoms with van der Waals surface area (Å²) in [4.78, 5) is 23.1. The quantitative estimate of drug-likeness (QED) is 0.372. The highest BCUT2D eigenvalue weighted by molar-refractivity contribution is 6.05. The molecule has 0 aliphatic rings. The molecule has 8 heteroatoms. The van der Waals surface area contributed by atoms with Gasteiger partial charge in [0, 0.05) is 23.7 Å². The van der Waals surface area contributed by atoms with Crippen LogP contribution in [0.15, 0.2) is 47.6 Å². The second-order valence-corrected chi connectivity index (χ2v) is 5.57. The van der Waals surface area contributed by atoms with E-state index in [4.69, 9.17) is 19.8 Å². The Bertz CT molecular complexity index is 824. The monoisotopic (exact) mass is 372 g/mol. The molecule has 0 saturated heterocycles. The van der Waals surface area contributed by atoms with Crippen molar-refractivity contribution >= 4 is 23.3 Å². The number of benzene rings is 2. The van der Waals surface area contributed by atoms with Gasteiger partial charge in [-0.15, -0.1) is 0 Å². The number of carboxylic acids is 1. The molecular formula is C19H20N2O6. The number of carbonyl (C=O) groups excluding carboxylic acids is 1. The van der Waals surface area contributed by atoms with Gasteiger partial charge in [-0.1, -0.05) is 17.3 Å². The van der Waals surface area contributed by atoms with Crippen LogP contribution in [0, 0.1) is 0 Å². The van der Waals surface area contributed by atoms with Gasteiger partial charge in [-0.2, -0.15) is 0 Å². The van der Waals surface area contributed by atoms with E-state index in [1.165, 1.54) is 14.2 Å². The number of nitrogens with zero attached hydrogens (tertiary/aromatic N) is 1. The highest BCUT2D eigenvalue weighted by Gasteiger charge is 2.11. The van der Waals surface area contributed by atoms with Crippen molar-refractivity contribution in [2.24, 2.45) is 5.16 Å². The summed E-state index contributed by atoms with van der Waals surface area (Å²) in [5.74, 6) is -0.329. The van der Waals surface area contributed by atoms with Crippen molar-refractivity contribution < 1.29 is 29.4 Å². The minimum atomic E-state index is -0.978. The molecule has 0 aromatic heterocycles. The number of carbonyl (C=O) groups is 2. The fourth-order valence-electron chi connectivity index (χ4n) is 2.37. The van der Waals surface area contributed by atoms with Gasteiger partial charge >= 0.3 is 5.97 Å². The fourth-order valence-corrected chi connectivity index (χ4v) is 2.37. The van der Waals surface area contributed by atoms with Crippen LogP contribution in [0.3, 0.4) is 0 Å². The lowest BCUT2D eigenvalue weighted by Gasteiger charge is -2.10. The zero-order valence-electron chi connectivity index (χ0n) is 14.9. The van der Waals surface area contributed by atoms with Crippen LogP contribution < -0.4 is 14.8 Å². The predicted octanol–water partition coefficient (Wildman–Crippen LogP) is 3.00. The van der Waals surface area contributed by atoms with Crippen LogP contribution in [-0.2, 0) is 4.79 Å². The van der Waals surface area contributed by atoms with Gasteiger partial charge in [0.25, 0.3) is 5.91 Å². The summed E-state index contributed by atoms with van der Waals surface area (Å²) < 4.78 is 10.3. The van der Waals surface area contributed by atoms with Crippen molar-refractivity contribution in [1.82, 2.24) is 0 Å². The molecule has 0 fully saturated rings. The number of aliphatic carboxylic acids is 1. The smallest absolute Gasteiger partial charge is 0.303 e. The van der Waals surface area contributed by atoms with E-state index in [0.29, 0.717) is 28.3 Å². The molecule has 2 aromatic carbocycles. The van der Waals surface area contributed by atoms with E-state index in [1.807, 2.05) is 0 Å². The number of hydrogen-bond acceptors (Lipinski definition) is 6. The highest BCUT2D eigenvalue weighted by atomic mass is 16.5. The number of amides is 1. The molecule has 0 aliphatic heterocycles. The Labute approximate surface area is 156 Å². The molecule has 0 atom stereocenters. The summed E-state index contributed by atoms with van der Waals surface area (Å²) in [6, 6.07) is 11.4. The maximum Gasteiger partial charge on any atom is 0.303 e. The Hall–Kier alpha value is -3.55. The van der Waals surface area contributed by atoms with E-state index in [-0.39, 0.29) is 24.5 Å². The van der Waals surface area contributed by atoms with Gasteiger partial charge in [0.05, 0.1) is 26.4 Å². The zero-order chi connectivity index (χ0) is 19.8. The van der Waals surface area contributed by atoms with Crippen molar-refractivity contribution in [3.63, 3.8) is 0 Å². The Morgan fingerprint density at radius 2 is 1.56 bits per heavy atom. The average molecular weight is 372 g/mol. The SMILES string of the molecule is COc1cc(OC)cc(C(=O)Nc2ccc(/C(CCC(=O)O)=N\O)cc2)c1. The van der Waals surface area contributed by atoms with Gasteiger partial charge in [-0.25, -0.2) is 0 Å². The Kier molecular flexibility index (Phi) is 6.76. The highest BCUT2D eigenvalue weighted by Crippen LogP contribution is 2.23. The molecule has 0 heterocycles. The number of anilines is 1. The van der Waals surface area contributed by atoms with E-state index in [9.17, 15) is 9.59 Å². The lowest BCUT2D eigenvalue weighted by molar-refractivity contribution is -0.136. The van der Waals surface area contributed by atoms with E-state index >= 15 is 0 Å². The number of ether oxygens (including phenoxy) is 2. The zero-order valence-corrected chi connectivity index (χ0v) is 14.9. The summed E-state index contributed by atoms with van der Waals surface area (Å²) in [6.45, 7) is 0. The van der Waals surface area contributed by atoms with Crippen LogP contribution in [-0.4, -0.2) is 42.1 Å². The van der Waals surface area contributed by atoms with Crippen LogP contribution >= 0.6 is 0 Å². The molecule has 0 radical (unpaired) electrons. The van der Waals surface area contributed by atoms with E-state index in [1.54, 1.807) is 42.5 Å². The third kappa shape index (κ3) is 5.46. The summed E-state index contributed by atoms with van der Waals surface area (Å²) in [5.41, 5.74) is 1.73. The maximum absolute atomic E-state index is 12.5. The Morgan fingerprint density at radius 1 is 0.963 bits per heavy atom. The number of carboxylic acid groups (broad SMARTS) is 1. The van der Waals surface area contributed by atoms with Crippen molar-refractivity contribution in [3.8, 4) is 11.5 Å². The largest absolute Gasteiger partial charge is 0.497 e. The van der Waals surface area contributed by atoms with Crippen molar-refractivity contribution in [2.75, 3.05) is 19.5 Å². The van der Waals surface area contributed by atoms with Crippen molar-refractivity contribution in [3.05, 3.63) is 53.6 Å². The minimum absolute atomic E-state index is 0.0984. The summed E-state index contributed by atoms with van der Waals surface area (Å²) in [7, 11) is 3.00. The molecule has 2 aromatic rings. The van der Waals surface area contributed by atoms with Crippen molar-refractivity contribution in [1.29, 1.82) is 0 Å². The number of rotatable bonds is 8. The second kappa shape index (κ2) is 9.23. The first-order chi connectivity index (χ1) is 13.0. The van der Waals surface area contributed by atoms with E-state index in [2.05, 4.69) is 10.5 Å². The Morgan fingerprint density at radius 3 is 2.04 bits per heavy atom. The van der Waals surface area contributed by atoms with E-state index in [0.717, 1.165) is 0 Å². The third-order valence-corrected chi connectivity index (χ3v) is 3.79. The topological polar surface area (TPSA) is 117 Å². The van der Waals surface area contributed by atoms with Crippen LogP contribution in [0.5, 0.6) is 11.5 Å². The number of nitrogens with one attached hydrogen (secondary N) is 1. The summed E-state index contributed by atoms with van der Waals surface area (Å²) >= 11 is 0. The molecule has 8 nitrogen and oxygen atoms in total. The lowest BCUT2D eigenvalue weighted by Crippen LogP contribution is -2.12. The first kappa shape index (κ1) is 19.8. The molecule has 142 valence electrons. The number of methoxy groups -OCH3 is 2. The van der Waals surface area contributed by atoms with Gasteiger partial charge in [-0.05, 0) is 29.8 Å². The third-order valence-electron chi connectivity index (χ3n) is 3.79. The van der Waals surface area contributed by atoms with Gasteiger partial charge in [0.2, 0.25) is 0 Å². The number of oxime groups is 1. The standard InChI is InChI=1S/C19H20N2O6/c1-26-15-9-13(10-16(11-15)27-2)19(24)20-14-5-3-12(4-6-14)17(21-25)7-8-18(22)23/h3-6,9-11,25H,7-8H2,1-2H3,(H,20,24)(H,22,23)/b21-17-. The summed E-state index contributed by atoms with van der Waals surface area (Å²) in [5, 5.41) is 23.7. The fraction of sp³-hybridized carbons (Fsp3) is 0.211. The maximum atomic E-state index is 12.5. The predicted molar refractivity (Wildman–Crippen MR) is 99.1 cm³/mol. The molecule has 0 aliphatic carbocycles.